The summed E-state index contributed by atoms with van der Waals surface area (Å²) in [6, 6.07) is 7.34. The Hall–Kier alpha value is -1.11. The van der Waals surface area contributed by atoms with E-state index in [1.807, 2.05) is 13.8 Å². The van der Waals surface area contributed by atoms with Crippen molar-refractivity contribution in [2.45, 2.75) is 63.5 Å². The van der Waals surface area contributed by atoms with Crippen LogP contribution in [0.15, 0.2) is 29.2 Å². The van der Waals surface area contributed by atoms with E-state index in [1.54, 1.807) is 28.6 Å². The second-order valence-electron chi connectivity index (χ2n) is 7.99. The molecule has 2 fully saturated rings. The normalized spacial score (nSPS) is 22.0. The summed E-state index contributed by atoms with van der Waals surface area (Å²) in [5, 5.41) is 0. The summed E-state index contributed by atoms with van der Waals surface area (Å²) in [5.74, 6) is 1.53. The van der Waals surface area contributed by atoms with Crippen LogP contribution < -0.4 is 4.74 Å². The topological polar surface area (TPSA) is 49.9 Å². The predicted octanol–water partition coefficient (Wildman–Crippen LogP) is 3.36. The van der Waals surface area contributed by atoms with Crippen LogP contribution in [0.2, 0.25) is 0 Å². The van der Waals surface area contributed by atoms with Crippen molar-refractivity contribution in [3.63, 3.8) is 0 Å². The standard InChI is InChI=1S/C20H32N2O3S/c1-16(2)25-19-4-6-20(7-5-19)26(23,24)22-14-10-18(11-15-22)21-12-8-17(3)9-13-21/h4-7,16-18H,8-15H2,1-3H3. The number of likely N-dealkylation sites (tertiary alicyclic amines) is 1. The molecule has 0 amide bonds. The van der Waals surface area contributed by atoms with Gasteiger partial charge >= 0.3 is 0 Å². The van der Waals surface area contributed by atoms with Crippen LogP contribution in [0.3, 0.4) is 0 Å². The van der Waals surface area contributed by atoms with Crippen LogP contribution in [-0.2, 0) is 10.0 Å². The van der Waals surface area contributed by atoms with E-state index < -0.39 is 10.0 Å². The molecule has 1 aromatic carbocycles. The van der Waals surface area contributed by atoms with Crippen LogP contribution in [0.25, 0.3) is 0 Å². The highest BCUT2D eigenvalue weighted by Crippen LogP contribution is 2.27. The van der Waals surface area contributed by atoms with E-state index in [1.165, 1.54) is 12.8 Å². The van der Waals surface area contributed by atoms with Crippen LogP contribution in [-0.4, -0.2) is 55.9 Å². The van der Waals surface area contributed by atoms with Gasteiger partial charge in [-0.3, -0.25) is 0 Å². The van der Waals surface area contributed by atoms with Crippen LogP contribution >= 0.6 is 0 Å². The molecule has 2 aliphatic rings. The Morgan fingerprint density at radius 3 is 2.08 bits per heavy atom. The van der Waals surface area contributed by atoms with Crippen LogP contribution in [0, 0.1) is 5.92 Å². The third kappa shape index (κ3) is 4.59. The average molecular weight is 381 g/mol. The van der Waals surface area contributed by atoms with Gasteiger partial charge in [0.05, 0.1) is 11.0 Å². The van der Waals surface area contributed by atoms with Gasteiger partial charge in [0.25, 0.3) is 0 Å². The van der Waals surface area contributed by atoms with E-state index in [-0.39, 0.29) is 6.10 Å². The van der Waals surface area contributed by atoms with Crippen LogP contribution in [0.1, 0.15) is 46.5 Å². The first-order chi connectivity index (χ1) is 12.4. The van der Waals surface area contributed by atoms with Crippen LogP contribution in [0.5, 0.6) is 5.75 Å². The highest BCUT2D eigenvalue weighted by molar-refractivity contribution is 7.89. The van der Waals surface area contributed by atoms with Gasteiger partial charge < -0.3 is 9.64 Å². The van der Waals surface area contributed by atoms with E-state index in [9.17, 15) is 8.42 Å². The quantitative estimate of drug-likeness (QED) is 0.786. The van der Waals surface area contributed by atoms with Crippen molar-refractivity contribution in [3.8, 4) is 5.75 Å². The van der Waals surface area contributed by atoms with Crippen molar-refractivity contribution in [2.24, 2.45) is 5.92 Å². The smallest absolute Gasteiger partial charge is 0.243 e. The zero-order valence-electron chi connectivity index (χ0n) is 16.2. The molecule has 0 spiro atoms. The second-order valence-corrected chi connectivity index (χ2v) is 9.93. The summed E-state index contributed by atoms with van der Waals surface area (Å²) >= 11 is 0. The van der Waals surface area contributed by atoms with Gasteiger partial charge in [-0.25, -0.2) is 8.42 Å². The number of benzene rings is 1. The largest absolute Gasteiger partial charge is 0.491 e. The van der Waals surface area contributed by atoms with Gasteiger partial charge in [-0.05, 0) is 82.8 Å². The van der Waals surface area contributed by atoms with Gasteiger partial charge in [-0.1, -0.05) is 6.92 Å². The molecular formula is C20H32N2O3S. The highest BCUT2D eigenvalue weighted by atomic mass is 32.2. The average Bonchev–Trinajstić information content (AvgIpc) is 2.62. The van der Waals surface area contributed by atoms with Gasteiger partial charge in [0.1, 0.15) is 5.75 Å². The fourth-order valence-electron chi connectivity index (χ4n) is 3.95. The first-order valence-corrected chi connectivity index (χ1v) is 11.3. The number of rotatable bonds is 5. The van der Waals surface area contributed by atoms with Crippen molar-refractivity contribution in [1.82, 2.24) is 9.21 Å². The summed E-state index contributed by atoms with van der Waals surface area (Å²) < 4.78 is 33.1. The monoisotopic (exact) mass is 380 g/mol. The summed E-state index contributed by atoms with van der Waals surface area (Å²) in [5.41, 5.74) is 0. The molecule has 2 heterocycles. The Bertz CT molecular complexity index is 672. The lowest BCUT2D eigenvalue weighted by atomic mass is 9.95. The summed E-state index contributed by atoms with van der Waals surface area (Å²) in [6.07, 6.45) is 4.48. The molecule has 0 unspecified atom stereocenters. The molecule has 0 bridgehead atoms. The predicted molar refractivity (Wildman–Crippen MR) is 104 cm³/mol. The number of sulfonamides is 1. The third-order valence-corrected chi connectivity index (χ3v) is 7.50. The molecule has 0 aliphatic carbocycles. The number of nitrogens with zero attached hydrogens (tertiary/aromatic N) is 2. The van der Waals surface area contributed by atoms with Gasteiger partial charge in [0.2, 0.25) is 10.0 Å². The number of hydrogen-bond acceptors (Lipinski definition) is 4. The van der Waals surface area contributed by atoms with Crippen molar-refractivity contribution in [2.75, 3.05) is 26.2 Å². The van der Waals surface area contributed by atoms with E-state index in [4.69, 9.17) is 4.74 Å². The van der Waals surface area contributed by atoms with E-state index in [0.29, 0.717) is 29.8 Å². The molecule has 26 heavy (non-hydrogen) atoms. The third-order valence-electron chi connectivity index (χ3n) is 5.59. The molecule has 0 saturated carbocycles. The molecular weight excluding hydrogens is 348 g/mol. The minimum Gasteiger partial charge on any atom is -0.491 e. The molecule has 0 atom stereocenters. The fraction of sp³-hybridized carbons (Fsp3) is 0.700. The molecule has 3 rings (SSSR count). The van der Waals surface area contributed by atoms with Crippen molar-refractivity contribution >= 4 is 10.0 Å². The number of hydrogen-bond donors (Lipinski definition) is 0. The SMILES string of the molecule is CC1CCN(C2CCN(S(=O)(=O)c3ccc(OC(C)C)cc3)CC2)CC1. The van der Waals surface area contributed by atoms with Gasteiger partial charge in [0.15, 0.2) is 0 Å². The molecule has 2 aliphatic heterocycles. The lowest BCUT2D eigenvalue weighted by molar-refractivity contribution is 0.101. The van der Waals surface area contributed by atoms with Gasteiger partial charge in [-0.15, -0.1) is 0 Å². The zero-order chi connectivity index (χ0) is 18.7. The Labute approximate surface area is 158 Å². The maximum atomic E-state index is 12.9. The van der Waals surface area contributed by atoms with Gasteiger partial charge in [-0.2, -0.15) is 4.31 Å². The molecule has 1 aromatic rings. The van der Waals surface area contributed by atoms with Gasteiger partial charge in [0, 0.05) is 19.1 Å². The fourth-order valence-corrected chi connectivity index (χ4v) is 5.42. The molecule has 5 nitrogen and oxygen atoms in total. The van der Waals surface area contributed by atoms with E-state index >= 15 is 0 Å². The number of piperidine rings is 2. The minimum atomic E-state index is -3.41. The Morgan fingerprint density at radius 1 is 0.962 bits per heavy atom. The van der Waals surface area contributed by atoms with Crippen LogP contribution in [0.4, 0.5) is 0 Å². The molecule has 0 N–H and O–H groups in total. The zero-order valence-corrected chi connectivity index (χ0v) is 17.0. The summed E-state index contributed by atoms with van der Waals surface area (Å²) in [7, 11) is -3.41. The second kappa shape index (κ2) is 8.28. The highest BCUT2D eigenvalue weighted by Gasteiger charge is 2.32. The maximum Gasteiger partial charge on any atom is 0.243 e. The lowest BCUT2D eigenvalue weighted by Gasteiger charge is -2.41. The molecule has 0 aromatic heterocycles. The molecule has 2 saturated heterocycles. The Morgan fingerprint density at radius 2 is 1.54 bits per heavy atom. The van der Waals surface area contributed by atoms with E-state index in [0.717, 1.165) is 31.8 Å². The van der Waals surface area contributed by atoms with Crippen molar-refractivity contribution in [1.29, 1.82) is 0 Å². The number of ether oxygens (including phenoxy) is 1. The van der Waals surface area contributed by atoms with Crippen molar-refractivity contribution < 1.29 is 13.2 Å². The molecule has 6 heteroatoms. The van der Waals surface area contributed by atoms with Crippen molar-refractivity contribution in [3.05, 3.63) is 24.3 Å². The lowest BCUT2D eigenvalue weighted by Crippen LogP contribution is -2.48. The van der Waals surface area contributed by atoms with E-state index in [2.05, 4.69) is 11.8 Å². The Kier molecular flexibility index (Phi) is 6.25. The minimum absolute atomic E-state index is 0.0780. The maximum absolute atomic E-state index is 12.9. The summed E-state index contributed by atoms with van der Waals surface area (Å²) in [6.45, 7) is 9.79. The Balaban J connectivity index is 1.59. The first-order valence-electron chi connectivity index (χ1n) is 9.87. The first kappa shape index (κ1) is 19.6. The molecule has 0 radical (unpaired) electrons. The molecule has 146 valence electrons. The summed E-state index contributed by atoms with van der Waals surface area (Å²) in [4.78, 5) is 2.93.